The molecule has 0 radical (unpaired) electrons. The van der Waals surface area contributed by atoms with Crippen LogP contribution in [0.1, 0.15) is 6.42 Å². The van der Waals surface area contributed by atoms with Crippen molar-refractivity contribution in [3.8, 4) is 5.75 Å². The first-order chi connectivity index (χ1) is 14.1. The van der Waals surface area contributed by atoms with Gasteiger partial charge in [0.15, 0.2) is 12.1 Å². The highest BCUT2D eigenvalue weighted by molar-refractivity contribution is 8.13. The maximum absolute atomic E-state index is 14.5. The van der Waals surface area contributed by atoms with Gasteiger partial charge in [-0.3, -0.25) is 19.4 Å². The van der Waals surface area contributed by atoms with Gasteiger partial charge in [-0.2, -0.15) is 0 Å². The molecule has 0 bridgehead atoms. The van der Waals surface area contributed by atoms with Crippen LogP contribution >= 0.6 is 36.0 Å². The predicted molar refractivity (Wildman–Crippen MR) is 113 cm³/mol. The molecule has 1 saturated heterocycles. The summed E-state index contributed by atoms with van der Waals surface area (Å²) in [6.07, 6.45) is 0.0563. The zero-order valence-corrected chi connectivity index (χ0v) is 18.7. The third kappa shape index (κ3) is 5.29. The minimum atomic E-state index is -0.924. The number of urea groups is 2. The van der Waals surface area contributed by atoms with E-state index < -0.39 is 41.1 Å². The zero-order valence-electron chi connectivity index (χ0n) is 16.3. The molecule has 1 fully saturated rings. The largest absolute Gasteiger partial charge is 0.483 e. The third-order valence-electron chi connectivity index (χ3n) is 4.06. The molecular weight excluding hydrogens is 461 g/mol. The predicted octanol–water partition coefficient (Wildman–Crippen LogP) is 2.82. The van der Waals surface area contributed by atoms with E-state index in [4.69, 9.17) is 16.3 Å². The lowest BCUT2D eigenvalue weighted by Gasteiger charge is -2.41. The van der Waals surface area contributed by atoms with Crippen LogP contribution in [0.4, 0.5) is 19.7 Å². The first-order valence-corrected chi connectivity index (χ1v) is 10.3. The molecule has 1 aromatic carbocycles. The summed E-state index contributed by atoms with van der Waals surface area (Å²) in [7, 11) is 4.06. The number of benzene rings is 1. The summed E-state index contributed by atoms with van der Waals surface area (Å²) in [5, 5.41) is -0.544. The molecule has 1 aliphatic heterocycles. The van der Waals surface area contributed by atoms with Crippen molar-refractivity contribution in [3.05, 3.63) is 23.0 Å². The highest BCUT2D eigenvalue weighted by Crippen LogP contribution is 2.35. The number of hydrogen-bond acceptors (Lipinski definition) is 8. The molecule has 0 N–H and O–H groups in total. The zero-order chi connectivity index (χ0) is 22.6. The van der Waals surface area contributed by atoms with Gasteiger partial charge in [0.1, 0.15) is 11.6 Å². The van der Waals surface area contributed by atoms with Crippen LogP contribution in [0.25, 0.3) is 0 Å². The normalized spacial score (nSPS) is 14.9. The Morgan fingerprint density at radius 2 is 1.83 bits per heavy atom. The summed E-state index contributed by atoms with van der Waals surface area (Å²) in [5.74, 6) is -1.25. The average molecular weight is 480 g/mol. The van der Waals surface area contributed by atoms with Gasteiger partial charge in [-0.15, -0.1) is 12.6 Å². The van der Waals surface area contributed by atoms with Crippen molar-refractivity contribution in [2.75, 3.05) is 38.5 Å². The lowest BCUT2D eigenvalue weighted by molar-refractivity contribution is -0.140. The van der Waals surface area contributed by atoms with E-state index in [1.807, 2.05) is 0 Å². The number of anilines is 1. The maximum Gasteiger partial charge on any atom is 0.334 e. The van der Waals surface area contributed by atoms with Crippen LogP contribution in [0, 0.1) is 5.82 Å². The molecule has 0 atom stereocenters. The highest BCUT2D eigenvalue weighted by Gasteiger charge is 2.41. The number of thioether (sulfide) groups is 1. The number of hydrogen-bond donors (Lipinski definition) is 1. The highest BCUT2D eigenvalue weighted by atomic mass is 35.5. The summed E-state index contributed by atoms with van der Waals surface area (Å²) in [5.41, 5.74) is -1.19. The van der Waals surface area contributed by atoms with Crippen LogP contribution < -0.4 is 9.64 Å². The Morgan fingerprint density at radius 1 is 1.23 bits per heavy atom. The monoisotopic (exact) mass is 479 g/mol. The molecule has 1 aliphatic rings. The minimum Gasteiger partial charge on any atom is -0.483 e. The number of halogens is 2. The number of ether oxygens (including phenoxy) is 2. The van der Waals surface area contributed by atoms with E-state index in [0.717, 1.165) is 33.7 Å². The van der Waals surface area contributed by atoms with E-state index >= 15 is 0 Å². The Hall–Kier alpha value is -2.18. The Bertz CT molecular complexity index is 852. The molecular formula is C17H19ClFN3O6S2. The van der Waals surface area contributed by atoms with Crippen molar-refractivity contribution in [1.82, 2.24) is 9.80 Å². The standard InChI is InChI=1S/C17H19ClFN3O6S2/c1-20-15(25)22(16(26)21(2)17(20)29)11-7-12(9(18)6-10(11)19)28-8-14(24)30-5-4-13(23)27-3/h6-7,17,29H,4-5,8H2,1-3H3. The van der Waals surface area contributed by atoms with Crippen molar-refractivity contribution in [2.45, 2.75) is 11.9 Å². The molecule has 1 aromatic rings. The maximum atomic E-state index is 14.5. The van der Waals surface area contributed by atoms with Crippen LogP contribution in [0.5, 0.6) is 5.75 Å². The lowest BCUT2D eigenvalue weighted by atomic mass is 10.2. The molecule has 0 aromatic heterocycles. The molecule has 0 aliphatic carbocycles. The number of imide groups is 1. The number of nitrogens with zero attached hydrogens (tertiary/aromatic N) is 3. The fourth-order valence-corrected chi connectivity index (χ4v) is 3.43. The quantitative estimate of drug-likeness (QED) is 0.474. The number of amides is 4. The van der Waals surface area contributed by atoms with Gasteiger partial charge in [-0.25, -0.2) is 18.9 Å². The summed E-state index contributed by atoms with van der Waals surface area (Å²) in [4.78, 5) is 50.9. The Morgan fingerprint density at radius 3 is 2.40 bits per heavy atom. The Balaban J connectivity index is 2.16. The van der Waals surface area contributed by atoms with E-state index in [-0.39, 0.29) is 28.6 Å². The fourth-order valence-electron chi connectivity index (χ4n) is 2.39. The van der Waals surface area contributed by atoms with E-state index in [1.165, 1.54) is 21.2 Å². The summed E-state index contributed by atoms with van der Waals surface area (Å²) < 4.78 is 24.3. The SMILES string of the molecule is COC(=O)CCSC(=O)COc1cc(N2C(=O)N(C)C(S)N(C)C2=O)c(F)cc1Cl. The van der Waals surface area contributed by atoms with Gasteiger partial charge in [0.2, 0.25) is 5.12 Å². The van der Waals surface area contributed by atoms with Crippen LogP contribution in [0.3, 0.4) is 0 Å². The Labute approximate surface area is 186 Å². The van der Waals surface area contributed by atoms with E-state index in [2.05, 4.69) is 17.4 Å². The number of methoxy groups -OCH3 is 1. The van der Waals surface area contributed by atoms with Crippen molar-refractivity contribution < 1.29 is 33.0 Å². The van der Waals surface area contributed by atoms with Crippen molar-refractivity contribution >= 4 is 64.8 Å². The number of thiol groups is 1. The van der Waals surface area contributed by atoms with Crippen molar-refractivity contribution in [1.29, 1.82) is 0 Å². The van der Waals surface area contributed by atoms with Crippen molar-refractivity contribution in [2.24, 2.45) is 0 Å². The van der Waals surface area contributed by atoms with Gasteiger partial charge >= 0.3 is 18.0 Å². The number of rotatable bonds is 7. The second-order valence-corrected chi connectivity index (χ2v) is 8.06. The van der Waals surface area contributed by atoms with Crippen LogP contribution in [-0.2, 0) is 14.3 Å². The summed E-state index contributed by atoms with van der Waals surface area (Å²) in [6.45, 7) is -0.420. The van der Waals surface area contributed by atoms with Gasteiger partial charge in [0, 0.05) is 25.9 Å². The number of esters is 1. The number of carbonyl (C=O) groups excluding carboxylic acids is 4. The lowest BCUT2D eigenvalue weighted by Crippen LogP contribution is -2.62. The summed E-state index contributed by atoms with van der Waals surface area (Å²) >= 11 is 11.0. The van der Waals surface area contributed by atoms with E-state index in [1.54, 1.807) is 0 Å². The molecule has 0 saturated carbocycles. The first-order valence-electron chi connectivity index (χ1n) is 8.44. The van der Waals surface area contributed by atoms with Gasteiger partial charge in [-0.1, -0.05) is 23.4 Å². The Kier molecular flexibility index (Phi) is 8.21. The molecule has 0 unspecified atom stereocenters. The smallest absolute Gasteiger partial charge is 0.334 e. The molecule has 164 valence electrons. The molecule has 13 heteroatoms. The van der Waals surface area contributed by atoms with E-state index in [9.17, 15) is 23.6 Å². The molecule has 9 nitrogen and oxygen atoms in total. The second-order valence-electron chi connectivity index (χ2n) is 6.04. The van der Waals surface area contributed by atoms with E-state index in [0.29, 0.717) is 4.90 Å². The van der Waals surface area contributed by atoms with Gasteiger partial charge in [0.25, 0.3) is 0 Å². The topological polar surface area (TPSA) is 96.5 Å². The van der Waals surface area contributed by atoms with Gasteiger partial charge in [-0.05, 0) is 6.07 Å². The molecule has 1 heterocycles. The minimum absolute atomic E-state index is 0.0563. The summed E-state index contributed by atoms with van der Waals surface area (Å²) in [6, 6.07) is 0.369. The average Bonchev–Trinajstić information content (AvgIpc) is 2.71. The van der Waals surface area contributed by atoms with Crippen LogP contribution in [0.15, 0.2) is 12.1 Å². The molecule has 2 rings (SSSR count). The first kappa shape index (κ1) is 24.1. The van der Waals surface area contributed by atoms with Crippen LogP contribution in [-0.4, -0.2) is 72.0 Å². The second kappa shape index (κ2) is 10.2. The van der Waals surface area contributed by atoms with Gasteiger partial charge < -0.3 is 9.47 Å². The molecule has 0 spiro atoms. The van der Waals surface area contributed by atoms with Crippen LogP contribution in [0.2, 0.25) is 5.02 Å². The molecule has 30 heavy (non-hydrogen) atoms. The fraction of sp³-hybridized carbons (Fsp3) is 0.412. The third-order valence-corrected chi connectivity index (χ3v) is 5.90. The van der Waals surface area contributed by atoms with Gasteiger partial charge in [0.05, 0.1) is 24.2 Å². The molecule has 4 amide bonds. The number of carbonyl (C=O) groups is 4. The van der Waals surface area contributed by atoms with Crippen molar-refractivity contribution in [3.63, 3.8) is 0 Å².